The van der Waals surface area contributed by atoms with E-state index in [0.29, 0.717) is 36.0 Å². The fourth-order valence-corrected chi connectivity index (χ4v) is 2.45. The van der Waals surface area contributed by atoms with Crippen molar-refractivity contribution in [3.63, 3.8) is 0 Å². The van der Waals surface area contributed by atoms with Gasteiger partial charge in [0.25, 0.3) is 5.91 Å². The SMILES string of the molecule is C=CCOc1ccccc1NC(=O)c1ccc(OCC)c(Br)c1. The normalized spacial score (nSPS) is 10.0. The molecule has 0 aliphatic rings. The number of carbonyl (C=O) groups excluding carboxylic acids is 1. The lowest BCUT2D eigenvalue weighted by molar-refractivity contribution is 0.102. The highest BCUT2D eigenvalue weighted by Crippen LogP contribution is 2.28. The van der Waals surface area contributed by atoms with Crippen LogP contribution in [0.15, 0.2) is 59.6 Å². The van der Waals surface area contributed by atoms with Crippen molar-refractivity contribution in [2.75, 3.05) is 18.5 Å². The van der Waals surface area contributed by atoms with Crippen LogP contribution in [0.1, 0.15) is 17.3 Å². The number of amides is 1. The van der Waals surface area contributed by atoms with Crippen LogP contribution >= 0.6 is 15.9 Å². The Balaban J connectivity index is 2.16. The summed E-state index contributed by atoms with van der Waals surface area (Å²) in [6, 6.07) is 12.5. The third-order valence-corrected chi connectivity index (χ3v) is 3.61. The van der Waals surface area contributed by atoms with E-state index < -0.39 is 0 Å². The van der Waals surface area contributed by atoms with E-state index in [1.54, 1.807) is 36.4 Å². The van der Waals surface area contributed by atoms with Crippen molar-refractivity contribution in [3.05, 3.63) is 65.2 Å². The zero-order valence-corrected chi connectivity index (χ0v) is 14.4. The van der Waals surface area contributed by atoms with Crippen molar-refractivity contribution in [1.29, 1.82) is 0 Å². The molecule has 2 aromatic carbocycles. The van der Waals surface area contributed by atoms with Gasteiger partial charge in [0.1, 0.15) is 18.1 Å². The first-order chi connectivity index (χ1) is 11.2. The molecule has 0 atom stereocenters. The Morgan fingerprint density at radius 3 is 2.70 bits per heavy atom. The van der Waals surface area contributed by atoms with Crippen LogP contribution in [-0.2, 0) is 0 Å². The molecule has 0 fully saturated rings. The van der Waals surface area contributed by atoms with Crippen molar-refractivity contribution in [1.82, 2.24) is 0 Å². The lowest BCUT2D eigenvalue weighted by Gasteiger charge is -2.12. The molecule has 0 aliphatic carbocycles. The van der Waals surface area contributed by atoms with Gasteiger partial charge >= 0.3 is 0 Å². The first-order valence-electron chi connectivity index (χ1n) is 7.22. The molecule has 4 nitrogen and oxygen atoms in total. The molecule has 1 amide bonds. The van der Waals surface area contributed by atoms with Gasteiger partial charge in [0, 0.05) is 5.56 Å². The van der Waals surface area contributed by atoms with Gasteiger partial charge in [-0.05, 0) is 53.2 Å². The van der Waals surface area contributed by atoms with Gasteiger partial charge in [0.2, 0.25) is 0 Å². The minimum atomic E-state index is -0.219. The number of ether oxygens (including phenoxy) is 2. The standard InChI is InChI=1S/C18H18BrNO3/c1-3-11-23-17-8-6-5-7-15(17)20-18(21)13-9-10-16(22-4-2)14(19)12-13/h3,5-10,12H,1,4,11H2,2H3,(H,20,21). The molecule has 0 heterocycles. The second-order valence-corrected chi connectivity index (χ2v) is 5.48. The van der Waals surface area contributed by atoms with Gasteiger partial charge < -0.3 is 14.8 Å². The minimum absolute atomic E-state index is 0.219. The molecule has 0 aromatic heterocycles. The van der Waals surface area contributed by atoms with Gasteiger partial charge in [-0.25, -0.2) is 0 Å². The fourth-order valence-electron chi connectivity index (χ4n) is 1.95. The van der Waals surface area contributed by atoms with E-state index in [-0.39, 0.29) is 5.91 Å². The van der Waals surface area contributed by atoms with E-state index in [0.717, 1.165) is 4.47 Å². The van der Waals surface area contributed by atoms with E-state index in [2.05, 4.69) is 27.8 Å². The Morgan fingerprint density at radius 1 is 1.22 bits per heavy atom. The second kappa shape index (κ2) is 8.39. The first kappa shape index (κ1) is 17.1. The molecule has 0 spiro atoms. The zero-order chi connectivity index (χ0) is 16.7. The molecular weight excluding hydrogens is 358 g/mol. The molecule has 120 valence electrons. The molecule has 0 saturated heterocycles. The molecule has 0 aliphatic heterocycles. The second-order valence-electron chi connectivity index (χ2n) is 4.63. The van der Waals surface area contributed by atoms with Crippen molar-refractivity contribution in [3.8, 4) is 11.5 Å². The van der Waals surface area contributed by atoms with Crippen LogP contribution in [0.3, 0.4) is 0 Å². The maximum Gasteiger partial charge on any atom is 0.255 e. The summed E-state index contributed by atoms with van der Waals surface area (Å²) in [5.74, 6) is 1.09. The summed E-state index contributed by atoms with van der Waals surface area (Å²) in [7, 11) is 0. The molecule has 2 rings (SSSR count). The van der Waals surface area contributed by atoms with Gasteiger partial charge in [-0.1, -0.05) is 24.8 Å². The van der Waals surface area contributed by atoms with Crippen LogP contribution < -0.4 is 14.8 Å². The quantitative estimate of drug-likeness (QED) is 0.715. The van der Waals surface area contributed by atoms with E-state index >= 15 is 0 Å². The average molecular weight is 376 g/mol. The predicted molar refractivity (Wildman–Crippen MR) is 95.4 cm³/mol. The molecule has 0 bridgehead atoms. The zero-order valence-electron chi connectivity index (χ0n) is 12.8. The molecule has 23 heavy (non-hydrogen) atoms. The van der Waals surface area contributed by atoms with Gasteiger partial charge in [-0.3, -0.25) is 4.79 Å². The number of halogens is 1. The molecule has 2 aromatic rings. The predicted octanol–water partition coefficient (Wildman–Crippen LogP) is 4.66. The van der Waals surface area contributed by atoms with E-state index in [1.165, 1.54) is 0 Å². The summed E-state index contributed by atoms with van der Waals surface area (Å²) < 4.78 is 11.7. The minimum Gasteiger partial charge on any atom is -0.493 e. The Hall–Kier alpha value is -2.27. The van der Waals surface area contributed by atoms with Gasteiger partial charge in [-0.2, -0.15) is 0 Å². The van der Waals surface area contributed by atoms with Crippen LogP contribution in [0.25, 0.3) is 0 Å². The number of para-hydroxylation sites is 2. The summed E-state index contributed by atoms with van der Waals surface area (Å²) in [6.45, 7) is 6.47. The van der Waals surface area contributed by atoms with Crippen LogP contribution in [0, 0.1) is 0 Å². The van der Waals surface area contributed by atoms with Gasteiger partial charge in [-0.15, -0.1) is 0 Å². The van der Waals surface area contributed by atoms with Crippen LogP contribution in [-0.4, -0.2) is 19.1 Å². The number of hydrogen-bond donors (Lipinski definition) is 1. The summed E-state index contributed by atoms with van der Waals surface area (Å²) in [4.78, 5) is 12.4. The summed E-state index contributed by atoms with van der Waals surface area (Å²) >= 11 is 3.41. The topological polar surface area (TPSA) is 47.6 Å². The van der Waals surface area contributed by atoms with Crippen LogP contribution in [0.4, 0.5) is 5.69 Å². The van der Waals surface area contributed by atoms with E-state index in [4.69, 9.17) is 9.47 Å². The highest BCUT2D eigenvalue weighted by Gasteiger charge is 2.12. The summed E-state index contributed by atoms with van der Waals surface area (Å²) in [5, 5.41) is 2.85. The van der Waals surface area contributed by atoms with Crippen molar-refractivity contribution in [2.45, 2.75) is 6.92 Å². The lowest BCUT2D eigenvalue weighted by Crippen LogP contribution is -2.13. The first-order valence-corrected chi connectivity index (χ1v) is 8.01. The number of hydrogen-bond acceptors (Lipinski definition) is 3. The molecule has 0 unspecified atom stereocenters. The molecule has 0 radical (unpaired) electrons. The Morgan fingerprint density at radius 2 is 2.00 bits per heavy atom. The van der Waals surface area contributed by atoms with E-state index in [9.17, 15) is 4.79 Å². The number of anilines is 1. The van der Waals surface area contributed by atoms with Crippen LogP contribution in [0.5, 0.6) is 11.5 Å². The van der Waals surface area contributed by atoms with Crippen LogP contribution in [0.2, 0.25) is 0 Å². The highest BCUT2D eigenvalue weighted by molar-refractivity contribution is 9.10. The molecular formula is C18H18BrNO3. The molecule has 0 saturated carbocycles. The average Bonchev–Trinajstić information content (AvgIpc) is 2.56. The monoisotopic (exact) mass is 375 g/mol. The van der Waals surface area contributed by atoms with Crippen molar-refractivity contribution >= 4 is 27.5 Å². The smallest absolute Gasteiger partial charge is 0.255 e. The van der Waals surface area contributed by atoms with Gasteiger partial charge in [0.05, 0.1) is 16.8 Å². The summed E-state index contributed by atoms with van der Waals surface area (Å²) in [5.41, 5.74) is 1.14. The van der Waals surface area contributed by atoms with E-state index in [1.807, 2.05) is 19.1 Å². The fraction of sp³-hybridized carbons (Fsp3) is 0.167. The Bertz CT molecular complexity index is 700. The Kier molecular flexibility index (Phi) is 6.23. The third kappa shape index (κ3) is 4.60. The summed E-state index contributed by atoms with van der Waals surface area (Å²) in [6.07, 6.45) is 1.65. The highest BCUT2D eigenvalue weighted by atomic mass is 79.9. The number of benzene rings is 2. The number of carbonyl (C=O) groups is 1. The Labute approximate surface area is 144 Å². The van der Waals surface area contributed by atoms with Crippen molar-refractivity contribution < 1.29 is 14.3 Å². The third-order valence-electron chi connectivity index (χ3n) is 2.99. The van der Waals surface area contributed by atoms with Gasteiger partial charge in [0.15, 0.2) is 0 Å². The largest absolute Gasteiger partial charge is 0.493 e. The molecule has 5 heteroatoms. The number of nitrogens with one attached hydrogen (secondary N) is 1. The maximum absolute atomic E-state index is 12.4. The maximum atomic E-state index is 12.4. The number of rotatable bonds is 7. The molecule has 1 N–H and O–H groups in total. The lowest BCUT2D eigenvalue weighted by atomic mass is 10.2. The van der Waals surface area contributed by atoms with Crippen molar-refractivity contribution in [2.24, 2.45) is 0 Å².